The molecule has 0 unspecified atom stereocenters. The largest absolute Gasteiger partial charge is 0.461 e. The van der Waals surface area contributed by atoms with E-state index in [4.69, 9.17) is 10.2 Å². The molecule has 2 aromatic rings. The van der Waals surface area contributed by atoms with Gasteiger partial charge in [-0.25, -0.2) is 0 Å². The molecule has 0 atom stereocenters. The molecule has 0 aliphatic rings. The summed E-state index contributed by atoms with van der Waals surface area (Å²) >= 11 is 3.45. The first-order valence-corrected chi connectivity index (χ1v) is 5.08. The summed E-state index contributed by atoms with van der Waals surface area (Å²) in [6.45, 7) is 1.93. The maximum atomic E-state index is 5.65. The van der Waals surface area contributed by atoms with Crippen molar-refractivity contribution in [1.82, 2.24) is 0 Å². The van der Waals surface area contributed by atoms with Gasteiger partial charge in [-0.15, -0.1) is 0 Å². The summed E-state index contributed by atoms with van der Waals surface area (Å²) in [5, 5.41) is 0. The van der Waals surface area contributed by atoms with Crippen LogP contribution in [0.4, 0.5) is 5.69 Å². The van der Waals surface area contributed by atoms with Gasteiger partial charge in [0.15, 0.2) is 0 Å². The number of hydrogen-bond acceptors (Lipinski definition) is 2. The van der Waals surface area contributed by atoms with Crippen molar-refractivity contribution in [2.24, 2.45) is 0 Å². The van der Waals surface area contributed by atoms with Crippen molar-refractivity contribution in [3.63, 3.8) is 0 Å². The number of halogens is 1. The van der Waals surface area contributed by atoms with Gasteiger partial charge in [0.2, 0.25) is 0 Å². The predicted molar refractivity (Wildman–Crippen MR) is 61.0 cm³/mol. The molecule has 0 fully saturated rings. The molecule has 1 aromatic heterocycles. The zero-order valence-electron chi connectivity index (χ0n) is 7.75. The second-order valence-corrected chi connectivity index (χ2v) is 4.00. The summed E-state index contributed by atoms with van der Waals surface area (Å²) in [5.41, 5.74) is 7.41. The lowest BCUT2D eigenvalue weighted by Crippen LogP contribution is -1.85. The van der Waals surface area contributed by atoms with Gasteiger partial charge >= 0.3 is 0 Å². The zero-order chi connectivity index (χ0) is 10.1. The number of anilines is 1. The van der Waals surface area contributed by atoms with Crippen molar-refractivity contribution in [2.45, 2.75) is 6.92 Å². The zero-order valence-corrected chi connectivity index (χ0v) is 9.34. The van der Waals surface area contributed by atoms with Crippen LogP contribution in [-0.2, 0) is 0 Å². The van der Waals surface area contributed by atoms with E-state index in [-0.39, 0.29) is 0 Å². The standard InChI is InChI=1S/C11H10BrNO/c1-7-2-5-11(14-7)9-4-3-8(13)6-10(9)12/h2-6H,13H2,1H3. The van der Waals surface area contributed by atoms with E-state index in [0.717, 1.165) is 27.2 Å². The predicted octanol–water partition coefficient (Wildman–Crippen LogP) is 3.60. The lowest BCUT2D eigenvalue weighted by Gasteiger charge is -2.01. The van der Waals surface area contributed by atoms with Crippen LogP contribution in [0.1, 0.15) is 5.76 Å². The molecule has 0 bridgehead atoms. The fourth-order valence-corrected chi connectivity index (χ4v) is 1.90. The van der Waals surface area contributed by atoms with E-state index in [2.05, 4.69) is 15.9 Å². The summed E-state index contributed by atoms with van der Waals surface area (Å²) in [5.74, 6) is 1.76. The minimum absolute atomic E-state index is 0.740. The molecule has 0 amide bonds. The van der Waals surface area contributed by atoms with E-state index >= 15 is 0 Å². The number of benzene rings is 1. The Morgan fingerprint density at radius 1 is 1.21 bits per heavy atom. The molecule has 0 aliphatic carbocycles. The Balaban J connectivity index is 2.52. The highest BCUT2D eigenvalue weighted by Crippen LogP contribution is 2.30. The first-order chi connectivity index (χ1) is 6.66. The van der Waals surface area contributed by atoms with E-state index in [1.54, 1.807) is 0 Å². The van der Waals surface area contributed by atoms with E-state index in [0.29, 0.717) is 0 Å². The Morgan fingerprint density at radius 3 is 2.57 bits per heavy atom. The van der Waals surface area contributed by atoms with Gasteiger partial charge in [-0.2, -0.15) is 0 Å². The van der Waals surface area contributed by atoms with E-state index in [9.17, 15) is 0 Å². The van der Waals surface area contributed by atoms with Gasteiger partial charge in [0, 0.05) is 15.7 Å². The molecule has 2 N–H and O–H groups in total. The molecule has 1 heterocycles. The average molecular weight is 252 g/mol. The molecule has 1 aromatic carbocycles. The smallest absolute Gasteiger partial charge is 0.135 e. The quantitative estimate of drug-likeness (QED) is 0.787. The lowest BCUT2D eigenvalue weighted by molar-refractivity contribution is 0.548. The summed E-state index contributed by atoms with van der Waals surface area (Å²) in [6, 6.07) is 9.56. The molecule has 0 radical (unpaired) electrons. The maximum Gasteiger partial charge on any atom is 0.135 e. The van der Waals surface area contributed by atoms with Crippen LogP contribution in [0.15, 0.2) is 39.2 Å². The third-order valence-electron chi connectivity index (χ3n) is 2.00. The molecule has 14 heavy (non-hydrogen) atoms. The minimum Gasteiger partial charge on any atom is -0.461 e. The lowest BCUT2D eigenvalue weighted by atomic mass is 10.1. The van der Waals surface area contributed by atoms with Crippen molar-refractivity contribution in [1.29, 1.82) is 0 Å². The molecule has 0 saturated heterocycles. The number of furan rings is 1. The van der Waals surface area contributed by atoms with Crippen LogP contribution >= 0.6 is 15.9 Å². The Hall–Kier alpha value is -1.22. The van der Waals surface area contributed by atoms with Crippen LogP contribution in [0, 0.1) is 6.92 Å². The van der Waals surface area contributed by atoms with Gasteiger partial charge in [-0.1, -0.05) is 0 Å². The number of aryl methyl sites for hydroxylation is 1. The number of nitrogen functional groups attached to an aromatic ring is 1. The summed E-state index contributed by atoms with van der Waals surface area (Å²) < 4.78 is 6.47. The van der Waals surface area contributed by atoms with Crippen LogP contribution in [-0.4, -0.2) is 0 Å². The molecule has 2 nitrogen and oxygen atoms in total. The monoisotopic (exact) mass is 251 g/mol. The van der Waals surface area contributed by atoms with Gasteiger partial charge < -0.3 is 10.2 Å². The third kappa shape index (κ3) is 1.68. The van der Waals surface area contributed by atoms with E-state index in [1.807, 2.05) is 37.3 Å². The molecular formula is C11H10BrNO. The van der Waals surface area contributed by atoms with Crippen molar-refractivity contribution in [2.75, 3.05) is 5.73 Å². The Labute approximate surface area is 90.9 Å². The molecular weight excluding hydrogens is 242 g/mol. The van der Waals surface area contributed by atoms with Gasteiger partial charge in [0.05, 0.1) is 0 Å². The highest BCUT2D eigenvalue weighted by molar-refractivity contribution is 9.10. The third-order valence-corrected chi connectivity index (χ3v) is 2.66. The Morgan fingerprint density at radius 2 is 2.00 bits per heavy atom. The molecule has 72 valence electrons. The highest BCUT2D eigenvalue weighted by Gasteiger charge is 2.06. The molecule has 3 heteroatoms. The normalized spacial score (nSPS) is 10.4. The van der Waals surface area contributed by atoms with Crippen molar-refractivity contribution >= 4 is 21.6 Å². The fourth-order valence-electron chi connectivity index (χ4n) is 1.31. The number of hydrogen-bond donors (Lipinski definition) is 1. The molecule has 0 saturated carbocycles. The molecule has 2 rings (SSSR count). The second kappa shape index (κ2) is 3.50. The van der Waals surface area contributed by atoms with Crippen LogP contribution in [0.2, 0.25) is 0 Å². The van der Waals surface area contributed by atoms with Crippen LogP contribution < -0.4 is 5.73 Å². The van der Waals surface area contributed by atoms with Crippen LogP contribution in [0.3, 0.4) is 0 Å². The first kappa shape index (κ1) is 9.34. The van der Waals surface area contributed by atoms with Crippen molar-refractivity contribution in [3.8, 4) is 11.3 Å². The van der Waals surface area contributed by atoms with Gasteiger partial charge in [-0.05, 0) is 53.2 Å². The summed E-state index contributed by atoms with van der Waals surface area (Å²) in [7, 11) is 0. The maximum absolute atomic E-state index is 5.65. The molecule has 0 aliphatic heterocycles. The second-order valence-electron chi connectivity index (χ2n) is 3.15. The number of rotatable bonds is 1. The van der Waals surface area contributed by atoms with Gasteiger partial charge in [0.1, 0.15) is 11.5 Å². The van der Waals surface area contributed by atoms with E-state index < -0.39 is 0 Å². The van der Waals surface area contributed by atoms with E-state index in [1.165, 1.54) is 0 Å². The summed E-state index contributed by atoms with van der Waals surface area (Å²) in [6.07, 6.45) is 0. The average Bonchev–Trinajstić information content (AvgIpc) is 2.51. The van der Waals surface area contributed by atoms with Crippen LogP contribution in [0.5, 0.6) is 0 Å². The minimum atomic E-state index is 0.740. The Kier molecular flexibility index (Phi) is 2.33. The number of nitrogens with two attached hydrogens (primary N) is 1. The van der Waals surface area contributed by atoms with Crippen molar-refractivity contribution in [3.05, 3.63) is 40.6 Å². The fraction of sp³-hybridized carbons (Fsp3) is 0.0909. The van der Waals surface area contributed by atoms with Crippen molar-refractivity contribution < 1.29 is 4.42 Å². The Bertz CT molecular complexity index is 462. The summed E-state index contributed by atoms with van der Waals surface area (Å²) in [4.78, 5) is 0. The van der Waals surface area contributed by atoms with Gasteiger partial charge in [-0.3, -0.25) is 0 Å². The topological polar surface area (TPSA) is 39.2 Å². The van der Waals surface area contributed by atoms with Gasteiger partial charge in [0.25, 0.3) is 0 Å². The SMILES string of the molecule is Cc1ccc(-c2ccc(N)cc2Br)o1. The van der Waals surface area contributed by atoms with Crippen LogP contribution in [0.25, 0.3) is 11.3 Å². The highest BCUT2D eigenvalue weighted by atomic mass is 79.9. The molecule has 0 spiro atoms. The first-order valence-electron chi connectivity index (χ1n) is 4.28.